The van der Waals surface area contributed by atoms with Crippen molar-refractivity contribution in [1.29, 1.82) is 0 Å². The molecule has 0 aromatic heterocycles. The molecule has 5 heteroatoms. The minimum absolute atomic E-state index is 0.368. The fourth-order valence-corrected chi connectivity index (χ4v) is 1.38. The summed E-state index contributed by atoms with van der Waals surface area (Å²) in [6.07, 6.45) is -0.434. The largest absolute Gasteiger partial charge is 0.468 e. The number of likely N-dealkylation sites (N-methyl/N-ethyl adjacent to an activating group) is 1. The number of ether oxygens (including phenoxy) is 1. The molecule has 0 aliphatic carbocycles. The number of nitrogens with zero attached hydrogens (tertiary/aromatic N) is 1. The van der Waals surface area contributed by atoms with Crippen molar-refractivity contribution in [2.75, 3.05) is 20.7 Å². The molecule has 0 aromatic rings. The monoisotopic (exact) mass is 179 g/mol. The number of likely N-dealkylation sites (tertiary alicyclic amines) is 1. The predicted octanol–water partition coefficient (Wildman–Crippen LogP) is 0.499. The molecule has 1 rings (SSSR count). The van der Waals surface area contributed by atoms with Gasteiger partial charge in [0.15, 0.2) is 0 Å². The molecule has 0 amide bonds. The first kappa shape index (κ1) is 9.38. The molecule has 1 saturated heterocycles. The number of hydrogen-bond donors (Lipinski definition) is 0. The molecule has 12 heavy (non-hydrogen) atoms. The third-order valence-electron chi connectivity index (χ3n) is 1.98. The van der Waals surface area contributed by atoms with Crippen LogP contribution >= 0.6 is 0 Å². The van der Waals surface area contributed by atoms with Crippen molar-refractivity contribution in [3.8, 4) is 0 Å². The van der Waals surface area contributed by atoms with Crippen molar-refractivity contribution >= 4 is 5.97 Å². The quantitative estimate of drug-likeness (QED) is 0.549. The van der Waals surface area contributed by atoms with E-state index in [1.54, 1.807) is 0 Å². The van der Waals surface area contributed by atoms with Crippen LogP contribution in [0.15, 0.2) is 0 Å². The number of rotatable bonds is 1. The molecule has 1 aliphatic heterocycles. The summed E-state index contributed by atoms with van der Waals surface area (Å²) in [7, 11) is 2.69. The van der Waals surface area contributed by atoms with Crippen LogP contribution in [0.5, 0.6) is 0 Å². The van der Waals surface area contributed by atoms with Gasteiger partial charge in [-0.1, -0.05) is 0 Å². The molecule has 0 unspecified atom stereocenters. The average molecular weight is 179 g/mol. The van der Waals surface area contributed by atoms with E-state index in [-0.39, 0.29) is 6.54 Å². The number of carbonyl (C=O) groups excluding carboxylic acids is 1. The van der Waals surface area contributed by atoms with E-state index >= 15 is 0 Å². The zero-order chi connectivity index (χ0) is 9.35. The molecule has 1 fully saturated rings. The lowest BCUT2D eigenvalue weighted by Gasteiger charge is -2.14. The summed E-state index contributed by atoms with van der Waals surface area (Å²) in [6, 6.07) is -0.787. The Morgan fingerprint density at radius 3 is 2.58 bits per heavy atom. The first-order valence-corrected chi connectivity index (χ1v) is 3.62. The lowest BCUT2D eigenvalue weighted by Crippen LogP contribution is -2.33. The number of methoxy groups -OCH3 is 1. The third-order valence-corrected chi connectivity index (χ3v) is 1.98. The Kier molecular flexibility index (Phi) is 2.32. The van der Waals surface area contributed by atoms with Crippen LogP contribution in [-0.4, -0.2) is 43.5 Å². The third kappa shape index (κ3) is 1.72. The van der Waals surface area contributed by atoms with Crippen LogP contribution in [0.4, 0.5) is 8.78 Å². The van der Waals surface area contributed by atoms with Crippen molar-refractivity contribution < 1.29 is 18.3 Å². The Balaban J connectivity index is 2.64. The average Bonchev–Trinajstić information content (AvgIpc) is 2.23. The second-order valence-electron chi connectivity index (χ2n) is 3.01. The van der Waals surface area contributed by atoms with Gasteiger partial charge in [-0.15, -0.1) is 0 Å². The summed E-state index contributed by atoms with van der Waals surface area (Å²) < 4.78 is 29.8. The van der Waals surface area contributed by atoms with Crippen LogP contribution in [0.25, 0.3) is 0 Å². The number of hydrogen-bond acceptors (Lipinski definition) is 3. The molecular weight excluding hydrogens is 168 g/mol. The molecule has 0 saturated carbocycles. The Bertz CT molecular complexity index is 196. The topological polar surface area (TPSA) is 29.5 Å². The normalized spacial score (nSPS) is 28.8. The number of alkyl halides is 2. The van der Waals surface area contributed by atoms with Crippen LogP contribution in [-0.2, 0) is 9.53 Å². The summed E-state index contributed by atoms with van der Waals surface area (Å²) in [5, 5.41) is 0. The van der Waals surface area contributed by atoms with Gasteiger partial charge in [0.05, 0.1) is 13.7 Å². The smallest absolute Gasteiger partial charge is 0.323 e. The summed E-state index contributed by atoms with van der Waals surface area (Å²) in [5.74, 6) is -3.34. The molecule has 0 spiro atoms. The molecule has 1 atom stereocenters. The molecule has 0 bridgehead atoms. The predicted molar refractivity (Wildman–Crippen MR) is 38.0 cm³/mol. The van der Waals surface area contributed by atoms with E-state index in [0.29, 0.717) is 0 Å². The second-order valence-corrected chi connectivity index (χ2v) is 3.01. The number of halogens is 2. The van der Waals surface area contributed by atoms with E-state index in [1.165, 1.54) is 19.1 Å². The minimum atomic E-state index is -2.76. The van der Waals surface area contributed by atoms with Gasteiger partial charge in [0, 0.05) is 6.42 Å². The van der Waals surface area contributed by atoms with E-state index < -0.39 is 24.4 Å². The zero-order valence-corrected chi connectivity index (χ0v) is 7.01. The van der Waals surface area contributed by atoms with Gasteiger partial charge in [0.2, 0.25) is 0 Å². The second kappa shape index (κ2) is 2.97. The Hall–Kier alpha value is -0.710. The first-order valence-electron chi connectivity index (χ1n) is 3.62. The van der Waals surface area contributed by atoms with Crippen molar-refractivity contribution in [3.05, 3.63) is 0 Å². The van der Waals surface area contributed by atoms with Crippen molar-refractivity contribution in [2.45, 2.75) is 18.4 Å². The highest BCUT2D eigenvalue weighted by molar-refractivity contribution is 5.76. The molecule has 3 nitrogen and oxygen atoms in total. The van der Waals surface area contributed by atoms with Gasteiger partial charge in [0.1, 0.15) is 6.04 Å². The van der Waals surface area contributed by atoms with Crippen molar-refractivity contribution in [1.82, 2.24) is 4.90 Å². The van der Waals surface area contributed by atoms with Gasteiger partial charge in [0.25, 0.3) is 5.92 Å². The number of esters is 1. The molecule has 1 heterocycles. The lowest BCUT2D eigenvalue weighted by molar-refractivity contribution is -0.145. The number of carbonyl (C=O) groups is 1. The van der Waals surface area contributed by atoms with E-state index in [9.17, 15) is 13.6 Å². The Morgan fingerprint density at radius 2 is 2.25 bits per heavy atom. The van der Waals surface area contributed by atoms with Crippen LogP contribution in [0.3, 0.4) is 0 Å². The SMILES string of the molecule is COC(=O)[C@H]1CC(F)(F)CN1C. The summed E-state index contributed by atoms with van der Waals surface area (Å²) in [5.41, 5.74) is 0. The molecular formula is C7H11F2NO2. The van der Waals surface area contributed by atoms with E-state index in [2.05, 4.69) is 4.74 Å². The van der Waals surface area contributed by atoms with Gasteiger partial charge in [-0.25, -0.2) is 8.78 Å². The van der Waals surface area contributed by atoms with Crippen LogP contribution < -0.4 is 0 Å². The summed E-state index contributed by atoms with van der Waals surface area (Å²) in [4.78, 5) is 12.2. The minimum Gasteiger partial charge on any atom is -0.468 e. The van der Waals surface area contributed by atoms with Crippen LogP contribution in [0.1, 0.15) is 6.42 Å². The van der Waals surface area contributed by atoms with E-state index in [4.69, 9.17) is 0 Å². The highest BCUT2D eigenvalue weighted by atomic mass is 19.3. The van der Waals surface area contributed by atoms with Gasteiger partial charge in [-0.2, -0.15) is 0 Å². The Morgan fingerprint density at radius 1 is 1.67 bits per heavy atom. The molecule has 1 aliphatic rings. The van der Waals surface area contributed by atoms with Gasteiger partial charge in [-0.05, 0) is 7.05 Å². The molecule has 0 N–H and O–H groups in total. The Labute approximate surface area is 69.3 Å². The zero-order valence-electron chi connectivity index (χ0n) is 7.01. The highest BCUT2D eigenvalue weighted by Crippen LogP contribution is 2.31. The van der Waals surface area contributed by atoms with Gasteiger partial charge >= 0.3 is 5.97 Å². The molecule has 0 radical (unpaired) electrons. The van der Waals surface area contributed by atoms with E-state index in [0.717, 1.165) is 0 Å². The fraction of sp³-hybridized carbons (Fsp3) is 0.857. The molecule has 70 valence electrons. The maximum atomic E-state index is 12.7. The van der Waals surface area contributed by atoms with Crippen molar-refractivity contribution in [3.63, 3.8) is 0 Å². The summed E-state index contributed by atoms with van der Waals surface area (Å²) in [6.45, 7) is -0.368. The van der Waals surface area contributed by atoms with Gasteiger partial charge < -0.3 is 4.74 Å². The maximum absolute atomic E-state index is 12.7. The van der Waals surface area contributed by atoms with Crippen molar-refractivity contribution in [2.24, 2.45) is 0 Å². The lowest BCUT2D eigenvalue weighted by atomic mass is 10.2. The first-order chi connectivity index (χ1) is 5.46. The fourth-order valence-electron chi connectivity index (χ4n) is 1.38. The van der Waals surface area contributed by atoms with E-state index in [1.807, 2.05) is 0 Å². The van der Waals surface area contributed by atoms with Crippen LogP contribution in [0.2, 0.25) is 0 Å². The molecule has 0 aromatic carbocycles. The maximum Gasteiger partial charge on any atom is 0.323 e. The highest BCUT2D eigenvalue weighted by Gasteiger charge is 2.46. The van der Waals surface area contributed by atoms with Gasteiger partial charge in [-0.3, -0.25) is 9.69 Å². The summed E-state index contributed by atoms with van der Waals surface area (Å²) >= 11 is 0. The van der Waals surface area contributed by atoms with Crippen LogP contribution in [0, 0.1) is 0 Å². The standard InChI is InChI=1S/C7H11F2NO2/c1-10-4-7(8,9)3-5(10)6(11)12-2/h5H,3-4H2,1-2H3/t5-/m1/s1.